The van der Waals surface area contributed by atoms with Gasteiger partial charge in [-0.3, -0.25) is 10.2 Å². The first-order valence-electron chi connectivity index (χ1n) is 13.0. The van der Waals surface area contributed by atoms with E-state index in [4.69, 9.17) is 34.6 Å². The lowest BCUT2D eigenvalue weighted by Crippen LogP contribution is -2.52. The van der Waals surface area contributed by atoms with Crippen LogP contribution in [-0.4, -0.2) is 56.5 Å². The average Bonchev–Trinajstić information content (AvgIpc) is 3.44. The number of carbonyl (C=O) groups excluding carboxylic acids is 1. The van der Waals surface area contributed by atoms with Crippen molar-refractivity contribution in [3.63, 3.8) is 0 Å². The molecule has 1 atom stereocenters. The molecular weight excluding hydrogens is 528 g/mol. The van der Waals surface area contributed by atoms with Crippen LogP contribution in [-0.2, 0) is 22.5 Å². The summed E-state index contributed by atoms with van der Waals surface area (Å²) in [5, 5.41) is 12.7. The fraction of sp³-hybridized carbons (Fsp3) is 0.310. The molecule has 1 heterocycles. The van der Waals surface area contributed by atoms with Gasteiger partial charge in [0.25, 0.3) is 5.91 Å². The van der Waals surface area contributed by atoms with Gasteiger partial charge in [0.1, 0.15) is 23.9 Å². The molecule has 0 saturated heterocycles. The van der Waals surface area contributed by atoms with Crippen LogP contribution in [0.1, 0.15) is 23.1 Å². The van der Waals surface area contributed by atoms with Crippen LogP contribution in [0.25, 0.3) is 10.4 Å². The van der Waals surface area contributed by atoms with Crippen molar-refractivity contribution in [2.24, 2.45) is 10.1 Å². The van der Waals surface area contributed by atoms with Gasteiger partial charge in [-0.05, 0) is 41.4 Å². The number of aliphatic imine (C=N–C) groups is 1. The first-order chi connectivity index (χ1) is 20.0. The highest BCUT2D eigenvalue weighted by Crippen LogP contribution is 2.31. The molecule has 1 aliphatic heterocycles. The molecule has 0 aliphatic carbocycles. The van der Waals surface area contributed by atoms with Crippen molar-refractivity contribution in [2.75, 3.05) is 34.0 Å². The maximum absolute atomic E-state index is 13.7. The van der Waals surface area contributed by atoms with Crippen LogP contribution >= 0.6 is 0 Å². The number of hydrogen-bond acceptors (Lipinski definition) is 9. The molecule has 3 aromatic rings. The van der Waals surface area contributed by atoms with Gasteiger partial charge in [0.2, 0.25) is 5.90 Å². The zero-order valence-corrected chi connectivity index (χ0v) is 22.9. The smallest absolute Gasteiger partial charge is 0.266 e. The van der Waals surface area contributed by atoms with Gasteiger partial charge < -0.3 is 24.1 Å². The molecule has 12 nitrogen and oxygen atoms in total. The Balaban J connectivity index is 1.56. The summed E-state index contributed by atoms with van der Waals surface area (Å²) in [6.45, 7) is 0.704. The maximum atomic E-state index is 13.7. The quantitative estimate of drug-likeness (QED) is 0.0884. The molecule has 4 rings (SSSR count). The molecule has 0 saturated carbocycles. The molecule has 12 heteroatoms. The second kappa shape index (κ2) is 14.0. The van der Waals surface area contributed by atoms with Crippen molar-refractivity contribution >= 4 is 17.5 Å². The summed E-state index contributed by atoms with van der Waals surface area (Å²) in [6, 6.07) is 19.6. The number of amides is 1. The van der Waals surface area contributed by atoms with Crippen molar-refractivity contribution in [1.29, 1.82) is 0 Å². The minimum absolute atomic E-state index is 0.0267. The monoisotopic (exact) mass is 560 g/mol. The number of aliphatic hydroxyl groups excluding tert-OH is 1. The minimum atomic E-state index is -1.34. The molecule has 41 heavy (non-hydrogen) atoms. The molecule has 3 aromatic carbocycles. The molecule has 1 aliphatic rings. The molecule has 1 amide bonds. The van der Waals surface area contributed by atoms with E-state index in [1.54, 1.807) is 68.8 Å². The molecular formula is C29H32N6O6. The molecule has 0 unspecified atom stereocenters. The number of hydrogen-bond donors (Lipinski definition) is 3. The Morgan fingerprint density at radius 1 is 1.10 bits per heavy atom. The standard InChI is InChI=1S/C29H32N6O6/c1-38-24-13-10-22(26(16-24)39-2)18-31-34-28(37)29(17-21-6-3-4-7-25(21)33-35-30)19-41-27(32-29)20-8-11-23(12-9-20)40-15-5-14-36/h3-4,6-13,16,31,36H,5,14-15,17-19H2,1-2H3,(H,34,37)/t29-/m0/s1. The van der Waals surface area contributed by atoms with E-state index in [2.05, 4.69) is 20.9 Å². The van der Waals surface area contributed by atoms with E-state index in [1.807, 2.05) is 12.1 Å². The normalized spacial score (nSPS) is 15.7. The first kappa shape index (κ1) is 29.2. The van der Waals surface area contributed by atoms with Gasteiger partial charge in [-0.25, -0.2) is 10.4 Å². The van der Waals surface area contributed by atoms with Gasteiger partial charge in [-0.15, -0.1) is 0 Å². The third-order valence-electron chi connectivity index (χ3n) is 6.46. The Kier molecular flexibility index (Phi) is 10.0. The summed E-state index contributed by atoms with van der Waals surface area (Å²) in [5.41, 5.74) is 16.0. The van der Waals surface area contributed by atoms with Gasteiger partial charge in [-0.2, -0.15) is 0 Å². The number of benzene rings is 3. The van der Waals surface area contributed by atoms with E-state index in [0.29, 0.717) is 53.0 Å². The zero-order chi connectivity index (χ0) is 29.1. The fourth-order valence-electron chi connectivity index (χ4n) is 4.29. The van der Waals surface area contributed by atoms with Crippen LogP contribution < -0.4 is 25.1 Å². The molecule has 3 N–H and O–H groups in total. The predicted molar refractivity (Wildman–Crippen MR) is 152 cm³/mol. The van der Waals surface area contributed by atoms with Crippen molar-refractivity contribution < 1.29 is 28.8 Å². The summed E-state index contributed by atoms with van der Waals surface area (Å²) < 4.78 is 22.3. The van der Waals surface area contributed by atoms with Crippen LogP contribution in [0.2, 0.25) is 0 Å². The lowest BCUT2D eigenvalue weighted by molar-refractivity contribution is -0.127. The summed E-state index contributed by atoms with van der Waals surface area (Å²) in [4.78, 5) is 21.4. The Morgan fingerprint density at radius 3 is 2.61 bits per heavy atom. The van der Waals surface area contributed by atoms with Crippen LogP contribution in [0.3, 0.4) is 0 Å². The van der Waals surface area contributed by atoms with Crippen LogP contribution in [0.5, 0.6) is 17.2 Å². The fourth-order valence-corrected chi connectivity index (χ4v) is 4.29. The topological polar surface area (TPSA) is 159 Å². The van der Waals surface area contributed by atoms with E-state index in [1.165, 1.54) is 0 Å². The van der Waals surface area contributed by atoms with Gasteiger partial charge in [0, 0.05) is 53.8 Å². The number of azide groups is 1. The second-order valence-corrected chi connectivity index (χ2v) is 9.17. The molecule has 0 aromatic heterocycles. The highest BCUT2D eigenvalue weighted by molar-refractivity contribution is 6.00. The SMILES string of the molecule is COc1ccc(CNNC(=O)[C@]2(Cc3ccccc3N=[N+]=[N-])COC(c3ccc(OCCCO)cc3)=N2)c(OC)c1. The van der Waals surface area contributed by atoms with Gasteiger partial charge in [0.05, 0.1) is 20.8 Å². The van der Waals surface area contributed by atoms with Crippen LogP contribution in [0.4, 0.5) is 5.69 Å². The lowest BCUT2D eigenvalue weighted by Gasteiger charge is -2.24. The first-order valence-corrected chi connectivity index (χ1v) is 13.0. The summed E-state index contributed by atoms with van der Waals surface area (Å²) in [5.74, 6) is 1.80. The maximum Gasteiger partial charge on any atom is 0.266 e. The third kappa shape index (κ3) is 7.25. The number of ether oxygens (including phenoxy) is 4. The molecule has 0 bridgehead atoms. The van der Waals surface area contributed by atoms with Crippen molar-refractivity contribution in [3.8, 4) is 17.2 Å². The van der Waals surface area contributed by atoms with E-state index < -0.39 is 11.4 Å². The number of nitrogens with one attached hydrogen (secondary N) is 2. The molecule has 0 fully saturated rings. The number of hydrazine groups is 1. The summed E-state index contributed by atoms with van der Waals surface area (Å²) >= 11 is 0. The highest BCUT2D eigenvalue weighted by Gasteiger charge is 2.45. The molecule has 214 valence electrons. The zero-order valence-electron chi connectivity index (χ0n) is 22.9. The van der Waals surface area contributed by atoms with Gasteiger partial charge in [-0.1, -0.05) is 35.4 Å². The van der Waals surface area contributed by atoms with E-state index in [-0.39, 0.29) is 26.2 Å². The number of carbonyl (C=O) groups is 1. The average molecular weight is 561 g/mol. The van der Waals surface area contributed by atoms with Crippen molar-refractivity contribution in [3.05, 3.63) is 93.9 Å². The minimum Gasteiger partial charge on any atom is -0.497 e. The van der Waals surface area contributed by atoms with Gasteiger partial charge in [0.15, 0.2) is 5.54 Å². The van der Waals surface area contributed by atoms with E-state index in [9.17, 15) is 4.79 Å². The number of nitrogens with zero attached hydrogens (tertiary/aromatic N) is 4. The number of rotatable bonds is 14. The molecule has 0 spiro atoms. The lowest BCUT2D eigenvalue weighted by atomic mass is 9.91. The summed E-state index contributed by atoms with van der Waals surface area (Å²) in [6.07, 6.45) is 0.666. The number of aliphatic hydroxyl groups is 1. The summed E-state index contributed by atoms with van der Waals surface area (Å²) in [7, 11) is 3.14. The third-order valence-corrected chi connectivity index (χ3v) is 6.46. The Labute approximate surface area is 237 Å². The molecule has 0 radical (unpaired) electrons. The van der Waals surface area contributed by atoms with Crippen LogP contribution in [0.15, 0.2) is 76.8 Å². The Morgan fingerprint density at radius 2 is 1.88 bits per heavy atom. The largest absolute Gasteiger partial charge is 0.497 e. The Bertz CT molecular complexity index is 1420. The predicted octanol–water partition coefficient (Wildman–Crippen LogP) is 3.99. The number of methoxy groups -OCH3 is 2. The van der Waals surface area contributed by atoms with Crippen molar-refractivity contribution in [2.45, 2.75) is 24.9 Å². The highest BCUT2D eigenvalue weighted by atomic mass is 16.5. The van der Waals surface area contributed by atoms with Gasteiger partial charge >= 0.3 is 0 Å². The Hall–Kier alpha value is -4.77. The van der Waals surface area contributed by atoms with Crippen LogP contribution in [0, 0.1) is 0 Å². The van der Waals surface area contributed by atoms with E-state index >= 15 is 0 Å². The van der Waals surface area contributed by atoms with E-state index in [0.717, 1.165) is 5.56 Å². The van der Waals surface area contributed by atoms with Crippen molar-refractivity contribution in [1.82, 2.24) is 10.9 Å². The second-order valence-electron chi connectivity index (χ2n) is 9.17.